The molecular weight excluding hydrogens is 114 g/mol. The molecule has 1 aliphatic heterocycles. The van der Waals surface area contributed by atoms with E-state index in [2.05, 4.69) is 6.07 Å². The molecule has 0 radical (unpaired) electrons. The number of nitrogens with zero attached hydrogens (tertiary/aromatic N) is 1. The fraction of sp³-hybridized carbons (Fsp3) is 0.571. The molecule has 1 heterocycles. The van der Waals surface area contributed by atoms with Crippen molar-refractivity contribution in [1.29, 1.82) is 5.26 Å². The van der Waals surface area contributed by atoms with E-state index in [0.29, 0.717) is 5.92 Å². The Kier molecular flexibility index (Phi) is 1.86. The van der Waals surface area contributed by atoms with Crippen LogP contribution in [-0.4, -0.2) is 13.2 Å². The SMILES string of the molecule is CC=C(C#N)C1COC1. The minimum atomic E-state index is 0.389. The molecule has 9 heavy (non-hydrogen) atoms. The predicted molar refractivity (Wildman–Crippen MR) is 33.7 cm³/mol. The zero-order valence-corrected chi connectivity index (χ0v) is 5.42. The molecule has 0 bridgehead atoms. The van der Waals surface area contributed by atoms with Gasteiger partial charge in [-0.3, -0.25) is 0 Å². The normalized spacial score (nSPS) is 20.7. The van der Waals surface area contributed by atoms with Crippen molar-refractivity contribution in [2.45, 2.75) is 6.92 Å². The van der Waals surface area contributed by atoms with Crippen molar-refractivity contribution in [3.8, 4) is 6.07 Å². The van der Waals surface area contributed by atoms with Gasteiger partial charge in [0.25, 0.3) is 0 Å². The maximum Gasteiger partial charge on any atom is 0.0948 e. The van der Waals surface area contributed by atoms with Gasteiger partial charge in [0.05, 0.1) is 19.3 Å². The van der Waals surface area contributed by atoms with Crippen molar-refractivity contribution >= 4 is 0 Å². The van der Waals surface area contributed by atoms with E-state index in [1.54, 1.807) is 0 Å². The van der Waals surface area contributed by atoms with Crippen molar-refractivity contribution in [3.05, 3.63) is 11.6 Å². The molecule has 0 aromatic carbocycles. The van der Waals surface area contributed by atoms with Gasteiger partial charge in [-0.25, -0.2) is 0 Å². The number of hydrogen-bond donors (Lipinski definition) is 0. The average molecular weight is 123 g/mol. The standard InChI is InChI=1S/C7H9NO/c1-2-6(3-8)7-4-9-5-7/h2,7H,4-5H2,1H3. The second-order valence-corrected chi connectivity index (χ2v) is 2.09. The van der Waals surface area contributed by atoms with Gasteiger partial charge in [0.15, 0.2) is 0 Å². The van der Waals surface area contributed by atoms with Gasteiger partial charge < -0.3 is 4.74 Å². The lowest BCUT2D eigenvalue weighted by Gasteiger charge is -2.24. The molecule has 0 amide bonds. The Balaban J connectivity index is 2.50. The second kappa shape index (κ2) is 2.65. The molecule has 48 valence electrons. The average Bonchev–Trinajstić information content (AvgIpc) is 1.78. The summed E-state index contributed by atoms with van der Waals surface area (Å²) in [6.45, 7) is 3.34. The zero-order valence-electron chi connectivity index (χ0n) is 5.42. The van der Waals surface area contributed by atoms with Crippen molar-refractivity contribution in [3.63, 3.8) is 0 Å². The van der Waals surface area contributed by atoms with Crippen LogP contribution < -0.4 is 0 Å². The summed E-state index contributed by atoms with van der Waals surface area (Å²) in [5.74, 6) is 0.389. The van der Waals surface area contributed by atoms with E-state index < -0.39 is 0 Å². The van der Waals surface area contributed by atoms with E-state index in [1.165, 1.54) is 0 Å². The van der Waals surface area contributed by atoms with Crippen LogP contribution >= 0.6 is 0 Å². The van der Waals surface area contributed by atoms with E-state index in [4.69, 9.17) is 10.00 Å². The molecule has 1 fully saturated rings. The highest BCUT2D eigenvalue weighted by atomic mass is 16.5. The molecule has 0 N–H and O–H groups in total. The number of allylic oxidation sites excluding steroid dienone is 1. The van der Waals surface area contributed by atoms with Gasteiger partial charge in [0.2, 0.25) is 0 Å². The Hall–Kier alpha value is -0.810. The first kappa shape index (κ1) is 6.31. The lowest BCUT2D eigenvalue weighted by atomic mass is 9.99. The van der Waals surface area contributed by atoms with Gasteiger partial charge >= 0.3 is 0 Å². The lowest BCUT2D eigenvalue weighted by Crippen LogP contribution is -2.28. The third-order valence-electron chi connectivity index (χ3n) is 1.52. The summed E-state index contributed by atoms with van der Waals surface area (Å²) in [5, 5.41) is 8.49. The van der Waals surface area contributed by atoms with Crippen LogP contribution in [0.1, 0.15) is 6.92 Å². The largest absolute Gasteiger partial charge is 0.380 e. The summed E-state index contributed by atoms with van der Waals surface area (Å²) in [7, 11) is 0. The van der Waals surface area contributed by atoms with Crippen LogP contribution in [0, 0.1) is 17.2 Å². The fourth-order valence-corrected chi connectivity index (χ4v) is 0.807. The van der Waals surface area contributed by atoms with Crippen LogP contribution in [0.15, 0.2) is 11.6 Å². The highest BCUT2D eigenvalue weighted by molar-refractivity contribution is 5.24. The topological polar surface area (TPSA) is 33.0 Å². The van der Waals surface area contributed by atoms with Gasteiger partial charge in [0, 0.05) is 11.5 Å². The third kappa shape index (κ3) is 1.11. The lowest BCUT2D eigenvalue weighted by molar-refractivity contribution is -0.0113. The maximum atomic E-state index is 8.49. The van der Waals surface area contributed by atoms with Gasteiger partial charge in [-0.1, -0.05) is 6.08 Å². The molecule has 1 aliphatic rings. The van der Waals surface area contributed by atoms with Gasteiger partial charge in [-0.05, 0) is 6.92 Å². The minimum Gasteiger partial charge on any atom is -0.380 e. The molecule has 0 aromatic rings. The number of ether oxygens (including phenoxy) is 1. The molecule has 2 heteroatoms. The molecule has 0 atom stereocenters. The quantitative estimate of drug-likeness (QED) is 0.489. The predicted octanol–water partition coefficient (Wildman–Crippen LogP) is 1.10. The van der Waals surface area contributed by atoms with E-state index >= 15 is 0 Å². The van der Waals surface area contributed by atoms with Gasteiger partial charge in [-0.15, -0.1) is 0 Å². The van der Waals surface area contributed by atoms with E-state index in [9.17, 15) is 0 Å². The molecule has 0 spiro atoms. The van der Waals surface area contributed by atoms with Crippen molar-refractivity contribution < 1.29 is 4.74 Å². The first-order valence-electron chi connectivity index (χ1n) is 3.02. The van der Waals surface area contributed by atoms with Crippen LogP contribution in [-0.2, 0) is 4.74 Å². The Morgan fingerprint density at radius 2 is 2.44 bits per heavy atom. The number of nitriles is 1. The summed E-state index contributed by atoms with van der Waals surface area (Å²) < 4.78 is 4.93. The zero-order chi connectivity index (χ0) is 6.69. The first-order valence-corrected chi connectivity index (χ1v) is 3.02. The molecule has 0 unspecified atom stereocenters. The monoisotopic (exact) mass is 123 g/mol. The van der Waals surface area contributed by atoms with E-state index in [1.807, 2.05) is 13.0 Å². The summed E-state index contributed by atoms with van der Waals surface area (Å²) in [5.41, 5.74) is 0.862. The van der Waals surface area contributed by atoms with Crippen LogP contribution in [0.25, 0.3) is 0 Å². The van der Waals surface area contributed by atoms with Crippen molar-refractivity contribution in [2.24, 2.45) is 5.92 Å². The smallest absolute Gasteiger partial charge is 0.0948 e. The van der Waals surface area contributed by atoms with E-state index in [0.717, 1.165) is 18.8 Å². The Morgan fingerprint density at radius 1 is 1.78 bits per heavy atom. The van der Waals surface area contributed by atoms with Crippen LogP contribution in [0.5, 0.6) is 0 Å². The second-order valence-electron chi connectivity index (χ2n) is 2.09. The fourth-order valence-electron chi connectivity index (χ4n) is 0.807. The highest BCUT2D eigenvalue weighted by Crippen LogP contribution is 2.18. The summed E-state index contributed by atoms with van der Waals surface area (Å²) >= 11 is 0. The molecule has 0 saturated carbocycles. The summed E-state index contributed by atoms with van der Waals surface area (Å²) in [6.07, 6.45) is 1.85. The first-order chi connectivity index (χ1) is 4.38. The maximum absolute atomic E-state index is 8.49. The molecule has 0 aromatic heterocycles. The summed E-state index contributed by atoms with van der Waals surface area (Å²) in [6, 6.07) is 2.13. The molecule has 1 rings (SSSR count). The molecular formula is C7H9NO. The van der Waals surface area contributed by atoms with Gasteiger partial charge in [-0.2, -0.15) is 5.26 Å². The number of hydrogen-bond acceptors (Lipinski definition) is 2. The Bertz CT molecular complexity index is 162. The molecule has 1 saturated heterocycles. The van der Waals surface area contributed by atoms with Crippen molar-refractivity contribution in [1.82, 2.24) is 0 Å². The van der Waals surface area contributed by atoms with Gasteiger partial charge in [0.1, 0.15) is 0 Å². The third-order valence-corrected chi connectivity index (χ3v) is 1.52. The van der Waals surface area contributed by atoms with Crippen LogP contribution in [0.2, 0.25) is 0 Å². The molecule has 2 nitrogen and oxygen atoms in total. The van der Waals surface area contributed by atoms with E-state index in [-0.39, 0.29) is 0 Å². The highest BCUT2D eigenvalue weighted by Gasteiger charge is 2.21. The Labute approximate surface area is 54.7 Å². The van der Waals surface area contributed by atoms with Crippen LogP contribution in [0.3, 0.4) is 0 Å². The number of rotatable bonds is 1. The molecule has 0 aliphatic carbocycles. The van der Waals surface area contributed by atoms with Crippen molar-refractivity contribution in [2.75, 3.05) is 13.2 Å². The Morgan fingerprint density at radius 3 is 2.56 bits per heavy atom. The minimum absolute atomic E-state index is 0.389. The summed E-state index contributed by atoms with van der Waals surface area (Å²) in [4.78, 5) is 0. The van der Waals surface area contributed by atoms with Crippen LogP contribution in [0.4, 0.5) is 0 Å².